The Morgan fingerprint density at radius 1 is 1.42 bits per heavy atom. The van der Waals surface area contributed by atoms with Crippen LogP contribution >= 0.6 is 0 Å². The molecule has 1 fully saturated rings. The van der Waals surface area contributed by atoms with E-state index in [1.54, 1.807) is 0 Å². The first-order valence-corrected chi connectivity index (χ1v) is 9.23. The van der Waals surface area contributed by atoms with Crippen LogP contribution in [0, 0.1) is 0 Å². The smallest absolute Gasteiger partial charge is 0.257 e. The summed E-state index contributed by atoms with van der Waals surface area (Å²) in [7, 11) is 0. The predicted molar refractivity (Wildman–Crippen MR) is 107 cm³/mol. The summed E-state index contributed by atoms with van der Waals surface area (Å²) in [6, 6.07) is 2.06. The standard InChI is InChI=1S/C20H31N5O/c1-8-15(18(21-7)23-20(6)10-11-20)17(13(2)3)19(26)22-16-9-12-25(24-16)14(4)5/h9,12,14,23H,7-8,10-11H2,1-6H3,(H,22,24,26)/b18-15-. The van der Waals surface area contributed by atoms with Crippen LogP contribution in [0.5, 0.6) is 0 Å². The molecule has 0 atom stereocenters. The van der Waals surface area contributed by atoms with Crippen molar-refractivity contribution in [1.29, 1.82) is 0 Å². The summed E-state index contributed by atoms with van der Waals surface area (Å²) in [5, 5.41) is 10.8. The number of amides is 1. The second kappa shape index (κ2) is 7.89. The number of nitrogens with one attached hydrogen (secondary N) is 2. The van der Waals surface area contributed by atoms with Gasteiger partial charge in [0, 0.05) is 35.0 Å². The number of aliphatic imine (C=N–C) groups is 1. The van der Waals surface area contributed by atoms with E-state index in [0.29, 0.717) is 23.6 Å². The average Bonchev–Trinajstić information content (AvgIpc) is 3.10. The molecule has 142 valence electrons. The molecule has 0 spiro atoms. The van der Waals surface area contributed by atoms with Gasteiger partial charge in [-0.25, -0.2) is 4.99 Å². The molecule has 1 saturated carbocycles. The minimum Gasteiger partial charge on any atom is -0.365 e. The fraction of sp³-hybridized carbons (Fsp3) is 0.550. The molecular formula is C20H31N5O. The molecule has 0 radical (unpaired) electrons. The van der Waals surface area contributed by atoms with Crippen molar-refractivity contribution >= 4 is 18.4 Å². The third kappa shape index (κ3) is 4.62. The molecule has 6 nitrogen and oxygen atoms in total. The van der Waals surface area contributed by atoms with Crippen molar-refractivity contribution in [2.24, 2.45) is 4.99 Å². The molecule has 2 N–H and O–H groups in total. The molecule has 0 aromatic carbocycles. The van der Waals surface area contributed by atoms with Gasteiger partial charge >= 0.3 is 0 Å². The first kappa shape index (κ1) is 19.9. The van der Waals surface area contributed by atoms with Crippen LogP contribution < -0.4 is 10.6 Å². The third-order valence-corrected chi connectivity index (χ3v) is 4.63. The zero-order valence-electron chi connectivity index (χ0n) is 16.8. The van der Waals surface area contributed by atoms with Gasteiger partial charge in [-0.15, -0.1) is 0 Å². The molecular weight excluding hydrogens is 326 g/mol. The van der Waals surface area contributed by atoms with Crippen LogP contribution in [-0.4, -0.2) is 27.9 Å². The van der Waals surface area contributed by atoms with Gasteiger partial charge < -0.3 is 10.6 Å². The quantitative estimate of drug-likeness (QED) is 0.416. The largest absolute Gasteiger partial charge is 0.365 e. The number of carbonyl (C=O) groups is 1. The maximum atomic E-state index is 13.0. The molecule has 2 rings (SSSR count). The fourth-order valence-corrected chi connectivity index (χ4v) is 2.81. The topological polar surface area (TPSA) is 71.3 Å². The minimum atomic E-state index is -0.167. The van der Waals surface area contributed by atoms with Gasteiger partial charge in [-0.2, -0.15) is 5.10 Å². The van der Waals surface area contributed by atoms with E-state index in [9.17, 15) is 4.79 Å². The lowest BCUT2D eigenvalue weighted by molar-refractivity contribution is -0.112. The number of anilines is 1. The number of nitrogens with zero attached hydrogens (tertiary/aromatic N) is 3. The van der Waals surface area contributed by atoms with Gasteiger partial charge in [-0.3, -0.25) is 9.48 Å². The van der Waals surface area contributed by atoms with Crippen LogP contribution in [0.3, 0.4) is 0 Å². The molecule has 0 unspecified atom stereocenters. The maximum absolute atomic E-state index is 13.0. The first-order chi connectivity index (χ1) is 12.2. The van der Waals surface area contributed by atoms with Crippen molar-refractivity contribution < 1.29 is 4.79 Å². The molecule has 0 aliphatic heterocycles. The summed E-state index contributed by atoms with van der Waals surface area (Å²) in [6.45, 7) is 15.9. The van der Waals surface area contributed by atoms with Crippen LogP contribution in [0.4, 0.5) is 5.82 Å². The van der Waals surface area contributed by atoms with Crippen molar-refractivity contribution in [3.63, 3.8) is 0 Å². The van der Waals surface area contributed by atoms with Crippen LogP contribution in [0.25, 0.3) is 0 Å². The zero-order valence-corrected chi connectivity index (χ0v) is 16.8. The van der Waals surface area contributed by atoms with Crippen molar-refractivity contribution in [1.82, 2.24) is 15.1 Å². The highest BCUT2D eigenvalue weighted by molar-refractivity contribution is 6.07. The lowest BCUT2D eigenvalue weighted by atomic mass is 9.97. The number of allylic oxidation sites excluding steroid dienone is 1. The van der Waals surface area contributed by atoms with E-state index >= 15 is 0 Å². The van der Waals surface area contributed by atoms with Gasteiger partial charge in [-0.1, -0.05) is 12.5 Å². The lowest BCUT2D eigenvalue weighted by Gasteiger charge is -2.20. The zero-order chi connectivity index (χ0) is 19.5. The van der Waals surface area contributed by atoms with E-state index in [2.05, 4.69) is 34.4 Å². The fourth-order valence-electron chi connectivity index (χ4n) is 2.81. The molecule has 0 bridgehead atoms. The van der Waals surface area contributed by atoms with Gasteiger partial charge in [-0.05, 0) is 60.6 Å². The normalized spacial score (nSPS) is 16.0. The second-order valence-electron chi connectivity index (χ2n) is 7.63. The van der Waals surface area contributed by atoms with Crippen LogP contribution in [0.2, 0.25) is 0 Å². The molecule has 1 heterocycles. The Bertz CT molecular complexity index is 746. The number of aromatic nitrogens is 2. The summed E-state index contributed by atoms with van der Waals surface area (Å²) in [4.78, 5) is 17.2. The molecule has 1 aliphatic carbocycles. The summed E-state index contributed by atoms with van der Waals surface area (Å²) in [6.07, 6.45) is 4.76. The maximum Gasteiger partial charge on any atom is 0.257 e. The third-order valence-electron chi connectivity index (χ3n) is 4.63. The summed E-state index contributed by atoms with van der Waals surface area (Å²) in [5.41, 5.74) is 2.53. The van der Waals surface area contributed by atoms with E-state index in [0.717, 1.165) is 24.0 Å². The van der Waals surface area contributed by atoms with Gasteiger partial charge in [0.2, 0.25) is 0 Å². The Hall–Kier alpha value is -2.37. The number of rotatable bonds is 8. The van der Waals surface area contributed by atoms with Gasteiger partial charge in [0.15, 0.2) is 5.82 Å². The number of hydrogen-bond donors (Lipinski definition) is 2. The highest BCUT2D eigenvalue weighted by atomic mass is 16.1. The van der Waals surface area contributed by atoms with Gasteiger partial charge in [0.1, 0.15) is 5.82 Å². The monoisotopic (exact) mass is 357 g/mol. The van der Waals surface area contributed by atoms with Crippen molar-refractivity contribution in [3.8, 4) is 0 Å². The highest BCUT2D eigenvalue weighted by Gasteiger charge is 2.38. The van der Waals surface area contributed by atoms with Crippen LogP contribution in [0.1, 0.15) is 66.8 Å². The Balaban J connectivity index is 2.31. The number of hydrogen-bond acceptors (Lipinski definition) is 4. The molecule has 6 heteroatoms. The SMILES string of the molecule is C=N/C(NC1(C)CC1)=C(\CC)C(C(=O)Nc1ccn(C(C)C)n1)=C(C)C. The molecule has 1 aromatic rings. The van der Waals surface area contributed by atoms with Crippen LogP contribution in [0.15, 0.2) is 39.8 Å². The molecule has 26 heavy (non-hydrogen) atoms. The van der Waals surface area contributed by atoms with Gasteiger partial charge in [0.05, 0.1) is 0 Å². The summed E-state index contributed by atoms with van der Waals surface area (Å²) in [5.74, 6) is 1.08. The van der Waals surface area contributed by atoms with Gasteiger partial charge in [0.25, 0.3) is 5.91 Å². The molecule has 1 amide bonds. The molecule has 1 aliphatic rings. The molecule has 1 aromatic heterocycles. The van der Waals surface area contributed by atoms with E-state index < -0.39 is 0 Å². The van der Waals surface area contributed by atoms with E-state index in [4.69, 9.17) is 0 Å². The lowest BCUT2D eigenvalue weighted by Crippen LogP contribution is -2.29. The second-order valence-corrected chi connectivity index (χ2v) is 7.63. The highest BCUT2D eigenvalue weighted by Crippen LogP contribution is 2.36. The first-order valence-electron chi connectivity index (χ1n) is 9.23. The summed E-state index contributed by atoms with van der Waals surface area (Å²) < 4.78 is 1.82. The Kier molecular flexibility index (Phi) is 6.05. The Morgan fingerprint density at radius 2 is 2.08 bits per heavy atom. The van der Waals surface area contributed by atoms with Crippen molar-refractivity contribution in [2.75, 3.05) is 5.32 Å². The van der Waals surface area contributed by atoms with E-state index in [1.165, 1.54) is 0 Å². The van der Waals surface area contributed by atoms with Crippen LogP contribution in [-0.2, 0) is 4.79 Å². The van der Waals surface area contributed by atoms with E-state index in [1.807, 2.05) is 51.6 Å². The Morgan fingerprint density at radius 3 is 2.50 bits per heavy atom. The Labute approximate surface area is 156 Å². The predicted octanol–water partition coefficient (Wildman–Crippen LogP) is 4.20. The average molecular weight is 358 g/mol. The van der Waals surface area contributed by atoms with Crippen molar-refractivity contribution in [2.45, 2.75) is 72.4 Å². The van der Waals surface area contributed by atoms with E-state index in [-0.39, 0.29) is 17.5 Å². The summed E-state index contributed by atoms with van der Waals surface area (Å²) >= 11 is 0. The number of carbonyl (C=O) groups excluding carboxylic acids is 1. The minimum absolute atomic E-state index is 0.0657. The molecule has 0 saturated heterocycles. The van der Waals surface area contributed by atoms with Crippen molar-refractivity contribution in [3.05, 3.63) is 34.8 Å².